The van der Waals surface area contributed by atoms with Gasteiger partial charge in [0.1, 0.15) is 0 Å². The van der Waals surface area contributed by atoms with Crippen molar-refractivity contribution < 1.29 is 4.74 Å². The fourth-order valence-corrected chi connectivity index (χ4v) is 3.79. The minimum atomic E-state index is 0. The van der Waals surface area contributed by atoms with Crippen LogP contribution in [-0.4, -0.2) is 44.2 Å². The largest absolute Gasteiger partial charge is 0.481 e. The topological polar surface area (TPSA) is 61.8 Å². The normalized spacial score (nSPS) is 15.3. The van der Waals surface area contributed by atoms with Crippen molar-refractivity contribution in [3.63, 3.8) is 0 Å². The van der Waals surface area contributed by atoms with Gasteiger partial charge in [-0.3, -0.25) is 4.99 Å². The number of hydrogen-bond donors (Lipinski definition) is 2. The van der Waals surface area contributed by atoms with Crippen LogP contribution in [0.1, 0.15) is 18.4 Å². The second-order valence-electron chi connectivity index (χ2n) is 5.95. The van der Waals surface area contributed by atoms with E-state index in [0.717, 1.165) is 37.5 Å². The lowest BCUT2D eigenvalue weighted by molar-refractivity contribution is 0.391. The summed E-state index contributed by atoms with van der Waals surface area (Å²) in [5, 5.41) is 10.4. The van der Waals surface area contributed by atoms with Crippen LogP contribution in [0.25, 0.3) is 0 Å². The maximum Gasteiger partial charge on any atom is 0.218 e. The van der Waals surface area contributed by atoms with E-state index in [4.69, 9.17) is 4.74 Å². The predicted molar refractivity (Wildman–Crippen MR) is 119 cm³/mol. The summed E-state index contributed by atoms with van der Waals surface area (Å²) in [5.74, 6) is 1.47. The molecule has 0 atom stereocenters. The lowest BCUT2D eigenvalue weighted by Crippen LogP contribution is -2.48. The molecule has 0 spiro atoms. The molecule has 0 bridgehead atoms. The number of ether oxygens (including phenoxy) is 1. The Labute approximate surface area is 176 Å². The summed E-state index contributed by atoms with van der Waals surface area (Å²) < 4.78 is 5.29. The summed E-state index contributed by atoms with van der Waals surface area (Å²) in [7, 11) is 3.44. The van der Waals surface area contributed by atoms with Crippen LogP contribution in [0.3, 0.4) is 0 Å². The van der Waals surface area contributed by atoms with Gasteiger partial charge in [0.15, 0.2) is 5.96 Å². The fraction of sp³-hybridized carbons (Fsp3) is 0.444. The highest BCUT2D eigenvalue weighted by Gasteiger charge is 2.20. The number of guanidine groups is 1. The smallest absolute Gasteiger partial charge is 0.218 e. The molecule has 1 fully saturated rings. The number of halogens is 1. The number of methoxy groups -OCH3 is 1. The van der Waals surface area contributed by atoms with Crippen LogP contribution < -0.4 is 20.3 Å². The first kappa shape index (κ1) is 20.8. The number of rotatable bonds is 5. The van der Waals surface area contributed by atoms with E-state index in [1.807, 2.05) is 23.5 Å². The van der Waals surface area contributed by atoms with Crippen LogP contribution in [-0.2, 0) is 6.54 Å². The van der Waals surface area contributed by atoms with Crippen molar-refractivity contribution in [1.82, 2.24) is 15.6 Å². The van der Waals surface area contributed by atoms with E-state index in [9.17, 15) is 0 Å². The van der Waals surface area contributed by atoms with Gasteiger partial charge in [0.2, 0.25) is 5.88 Å². The van der Waals surface area contributed by atoms with Gasteiger partial charge in [0.25, 0.3) is 0 Å². The minimum Gasteiger partial charge on any atom is -0.481 e. The first-order valence-corrected chi connectivity index (χ1v) is 9.41. The van der Waals surface area contributed by atoms with Crippen molar-refractivity contribution in [3.05, 3.63) is 41.4 Å². The van der Waals surface area contributed by atoms with E-state index in [-0.39, 0.29) is 24.0 Å². The zero-order valence-corrected chi connectivity index (χ0v) is 18.3. The summed E-state index contributed by atoms with van der Waals surface area (Å²) in [6.07, 6.45) is 3.94. The van der Waals surface area contributed by atoms with E-state index < -0.39 is 0 Å². The number of pyridine rings is 1. The third-order valence-electron chi connectivity index (χ3n) is 4.37. The molecule has 0 amide bonds. The summed E-state index contributed by atoms with van der Waals surface area (Å²) in [4.78, 5) is 11.0. The van der Waals surface area contributed by atoms with E-state index in [2.05, 4.69) is 43.0 Å². The average molecular weight is 487 g/mol. The number of nitrogens with zero attached hydrogens (tertiary/aromatic N) is 3. The second-order valence-corrected chi connectivity index (χ2v) is 6.88. The maximum atomic E-state index is 5.29. The van der Waals surface area contributed by atoms with E-state index >= 15 is 0 Å². The first-order valence-electron chi connectivity index (χ1n) is 8.53. The Bertz CT molecular complexity index is 687. The first-order chi connectivity index (χ1) is 12.3. The van der Waals surface area contributed by atoms with Gasteiger partial charge in [-0.05, 0) is 36.4 Å². The zero-order chi connectivity index (χ0) is 17.5. The van der Waals surface area contributed by atoms with Crippen LogP contribution in [0.2, 0.25) is 0 Å². The Morgan fingerprint density at radius 1 is 1.35 bits per heavy atom. The van der Waals surface area contributed by atoms with Crippen LogP contribution in [0.4, 0.5) is 5.00 Å². The fourth-order valence-electron chi connectivity index (χ4n) is 3.00. The van der Waals surface area contributed by atoms with Crippen molar-refractivity contribution in [1.29, 1.82) is 0 Å². The van der Waals surface area contributed by atoms with Crippen molar-refractivity contribution in [2.24, 2.45) is 4.99 Å². The Morgan fingerprint density at radius 2 is 2.15 bits per heavy atom. The molecule has 3 heterocycles. The molecule has 142 valence electrons. The molecular formula is C18H26IN5OS. The Hall–Kier alpha value is -1.55. The molecule has 6 nitrogen and oxygen atoms in total. The number of aromatic nitrogens is 1. The van der Waals surface area contributed by atoms with Crippen molar-refractivity contribution in [3.8, 4) is 5.88 Å². The second kappa shape index (κ2) is 10.6. The molecule has 2 aromatic rings. The minimum absolute atomic E-state index is 0. The molecular weight excluding hydrogens is 461 g/mol. The van der Waals surface area contributed by atoms with Gasteiger partial charge in [0.05, 0.1) is 12.1 Å². The Morgan fingerprint density at radius 3 is 2.81 bits per heavy atom. The van der Waals surface area contributed by atoms with Crippen LogP contribution in [0.5, 0.6) is 5.88 Å². The number of anilines is 1. The van der Waals surface area contributed by atoms with Crippen molar-refractivity contribution in [2.45, 2.75) is 25.4 Å². The van der Waals surface area contributed by atoms with Gasteiger partial charge in [0, 0.05) is 44.5 Å². The Balaban J connectivity index is 0.00000243. The van der Waals surface area contributed by atoms with E-state index in [1.165, 1.54) is 5.00 Å². The third-order valence-corrected chi connectivity index (χ3v) is 5.30. The average Bonchev–Trinajstić information content (AvgIpc) is 3.20. The van der Waals surface area contributed by atoms with Crippen LogP contribution in [0.15, 0.2) is 40.8 Å². The highest BCUT2D eigenvalue weighted by molar-refractivity contribution is 14.0. The SMILES string of the molecule is CN=C(NCc1cccnc1OC)NC1CCN(c2cccs2)CC1.I. The summed E-state index contributed by atoms with van der Waals surface area (Å²) in [6, 6.07) is 8.67. The number of thiophene rings is 1. The predicted octanol–water partition coefficient (Wildman–Crippen LogP) is 3.10. The number of nitrogens with one attached hydrogen (secondary N) is 2. The van der Waals surface area contributed by atoms with Crippen LogP contribution >= 0.6 is 35.3 Å². The number of piperidine rings is 1. The molecule has 1 aliphatic rings. The molecule has 0 aliphatic carbocycles. The summed E-state index contributed by atoms with van der Waals surface area (Å²) >= 11 is 1.81. The maximum absolute atomic E-state index is 5.29. The molecule has 1 saturated heterocycles. The van der Waals surface area contributed by atoms with Gasteiger partial charge >= 0.3 is 0 Å². The number of hydrogen-bond acceptors (Lipinski definition) is 5. The number of aliphatic imine (C=N–C) groups is 1. The quantitative estimate of drug-likeness (QED) is 0.386. The zero-order valence-electron chi connectivity index (χ0n) is 15.1. The molecule has 0 radical (unpaired) electrons. The molecule has 0 saturated carbocycles. The monoisotopic (exact) mass is 487 g/mol. The lowest BCUT2D eigenvalue weighted by Gasteiger charge is -2.33. The third kappa shape index (κ3) is 5.47. The molecule has 2 aromatic heterocycles. The summed E-state index contributed by atoms with van der Waals surface area (Å²) in [5.41, 5.74) is 1.01. The lowest BCUT2D eigenvalue weighted by atomic mass is 10.1. The van der Waals surface area contributed by atoms with Gasteiger partial charge in [-0.15, -0.1) is 35.3 Å². The van der Waals surface area contributed by atoms with Gasteiger partial charge in [-0.25, -0.2) is 4.98 Å². The van der Waals surface area contributed by atoms with Gasteiger partial charge in [-0.2, -0.15) is 0 Å². The van der Waals surface area contributed by atoms with Gasteiger partial charge in [-0.1, -0.05) is 6.07 Å². The molecule has 8 heteroatoms. The molecule has 26 heavy (non-hydrogen) atoms. The Kier molecular flexibility index (Phi) is 8.43. The van der Waals surface area contributed by atoms with E-state index in [1.54, 1.807) is 20.4 Å². The highest BCUT2D eigenvalue weighted by atomic mass is 127. The standard InChI is InChI=1S/C18H25N5OS.HI/c1-19-18(21-13-14-5-3-9-20-17(14)24-2)22-15-7-10-23(11-8-15)16-6-4-12-25-16;/h3-6,9,12,15H,7-8,10-11,13H2,1-2H3,(H2,19,21,22);1H. The van der Waals surface area contributed by atoms with E-state index in [0.29, 0.717) is 18.5 Å². The molecule has 3 rings (SSSR count). The molecule has 0 unspecified atom stereocenters. The highest BCUT2D eigenvalue weighted by Crippen LogP contribution is 2.24. The molecule has 1 aliphatic heterocycles. The van der Waals surface area contributed by atoms with Crippen molar-refractivity contribution >= 4 is 46.3 Å². The molecule has 2 N–H and O–H groups in total. The van der Waals surface area contributed by atoms with Crippen molar-refractivity contribution in [2.75, 3.05) is 32.1 Å². The summed E-state index contributed by atoms with van der Waals surface area (Å²) in [6.45, 7) is 2.78. The molecule has 0 aromatic carbocycles. The van der Waals surface area contributed by atoms with Gasteiger partial charge < -0.3 is 20.3 Å². The van der Waals surface area contributed by atoms with Crippen LogP contribution in [0, 0.1) is 0 Å².